The van der Waals surface area contributed by atoms with E-state index in [1.54, 1.807) is 0 Å². The average molecular weight is 231 g/mol. The van der Waals surface area contributed by atoms with Crippen molar-refractivity contribution in [1.29, 1.82) is 0 Å². The lowest BCUT2D eigenvalue weighted by atomic mass is 10.1. The molecular formula is C7H11BrN4. The second-order valence-corrected chi connectivity index (χ2v) is 2.67. The Morgan fingerprint density at radius 2 is 2.25 bits per heavy atom. The molecule has 0 aromatic carbocycles. The van der Waals surface area contributed by atoms with E-state index in [4.69, 9.17) is 5.73 Å². The van der Waals surface area contributed by atoms with Crippen LogP contribution in [0.1, 0.15) is 11.3 Å². The minimum atomic E-state index is 0. The van der Waals surface area contributed by atoms with Gasteiger partial charge in [0.2, 0.25) is 0 Å². The highest BCUT2D eigenvalue weighted by Gasteiger charge is 2.09. The first-order valence-electron chi connectivity index (χ1n) is 3.68. The molecule has 0 bridgehead atoms. The summed E-state index contributed by atoms with van der Waals surface area (Å²) in [5.41, 5.74) is 7.75. The largest absolute Gasteiger partial charge is 0.382 e. The van der Waals surface area contributed by atoms with Crippen molar-refractivity contribution in [3.63, 3.8) is 0 Å². The second-order valence-electron chi connectivity index (χ2n) is 2.67. The first-order valence-corrected chi connectivity index (χ1v) is 3.68. The molecule has 0 amide bonds. The molecule has 0 aliphatic carbocycles. The van der Waals surface area contributed by atoms with Crippen LogP contribution in [0, 0.1) is 0 Å². The summed E-state index contributed by atoms with van der Waals surface area (Å²) >= 11 is 0. The minimum absolute atomic E-state index is 0. The Morgan fingerprint density at radius 1 is 1.42 bits per heavy atom. The van der Waals surface area contributed by atoms with Crippen molar-refractivity contribution < 1.29 is 0 Å². The van der Waals surface area contributed by atoms with Crippen LogP contribution >= 0.6 is 17.0 Å². The van der Waals surface area contributed by atoms with Crippen molar-refractivity contribution in [3.8, 4) is 0 Å². The number of hydrogen-bond donors (Lipinski definition) is 2. The zero-order chi connectivity index (χ0) is 7.68. The van der Waals surface area contributed by atoms with Gasteiger partial charge in [-0.15, -0.1) is 22.1 Å². The van der Waals surface area contributed by atoms with Gasteiger partial charge in [0.1, 0.15) is 5.82 Å². The molecule has 66 valence electrons. The number of hydrogen-bond acceptors (Lipinski definition) is 4. The van der Waals surface area contributed by atoms with E-state index in [1.165, 1.54) is 5.56 Å². The number of rotatable bonds is 0. The van der Waals surface area contributed by atoms with Crippen LogP contribution in [-0.4, -0.2) is 16.7 Å². The Labute approximate surface area is 81.3 Å². The fraction of sp³-hybridized carbons (Fsp3) is 0.429. The highest BCUT2D eigenvalue weighted by Crippen LogP contribution is 2.11. The van der Waals surface area contributed by atoms with Crippen molar-refractivity contribution >= 4 is 22.8 Å². The lowest BCUT2D eigenvalue weighted by Gasteiger charge is -2.14. The Bertz CT molecular complexity index is 276. The van der Waals surface area contributed by atoms with Gasteiger partial charge in [-0.05, 0) is 11.6 Å². The van der Waals surface area contributed by atoms with E-state index in [-0.39, 0.29) is 17.0 Å². The van der Waals surface area contributed by atoms with Crippen LogP contribution in [0.25, 0.3) is 0 Å². The maximum Gasteiger partial charge on any atom is 0.146 e. The van der Waals surface area contributed by atoms with E-state index in [1.807, 2.05) is 6.07 Å². The van der Waals surface area contributed by atoms with Gasteiger partial charge in [-0.25, -0.2) is 0 Å². The quantitative estimate of drug-likeness (QED) is 0.673. The fourth-order valence-corrected chi connectivity index (χ4v) is 1.27. The highest BCUT2D eigenvalue weighted by atomic mass is 79.9. The SMILES string of the molecule is Br.Nc1cc2c(nn1)CCNC2. The van der Waals surface area contributed by atoms with Gasteiger partial charge >= 0.3 is 0 Å². The van der Waals surface area contributed by atoms with Crippen molar-refractivity contribution in [1.82, 2.24) is 15.5 Å². The maximum absolute atomic E-state index is 5.48. The van der Waals surface area contributed by atoms with Gasteiger partial charge in [0.05, 0.1) is 5.69 Å². The smallest absolute Gasteiger partial charge is 0.146 e. The number of nitrogens with zero attached hydrogens (tertiary/aromatic N) is 2. The van der Waals surface area contributed by atoms with Crippen LogP contribution in [-0.2, 0) is 13.0 Å². The molecule has 4 nitrogen and oxygen atoms in total. The van der Waals surface area contributed by atoms with Crippen LogP contribution in [0.5, 0.6) is 0 Å². The first kappa shape index (κ1) is 9.41. The molecular weight excluding hydrogens is 220 g/mol. The van der Waals surface area contributed by atoms with Gasteiger partial charge in [-0.2, -0.15) is 5.10 Å². The lowest BCUT2D eigenvalue weighted by molar-refractivity contribution is 0.621. The van der Waals surface area contributed by atoms with Crippen LogP contribution in [0.2, 0.25) is 0 Å². The summed E-state index contributed by atoms with van der Waals surface area (Å²) in [4.78, 5) is 0. The Hall–Kier alpha value is -0.680. The topological polar surface area (TPSA) is 63.8 Å². The van der Waals surface area contributed by atoms with E-state index in [9.17, 15) is 0 Å². The van der Waals surface area contributed by atoms with Gasteiger partial charge in [0.15, 0.2) is 0 Å². The number of nitrogens with two attached hydrogens (primary N) is 1. The Morgan fingerprint density at radius 3 is 3.08 bits per heavy atom. The number of fused-ring (bicyclic) bond motifs is 1. The third-order valence-corrected chi connectivity index (χ3v) is 1.83. The van der Waals surface area contributed by atoms with E-state index in [0.29, 0.717) is 5.82 Å². The van der Waals surface area contributed by atoms with Gasteiger partial charge in [-0.3, -0.25) is 0 Å². The van der Waals surface area contributed by atoms with Crippen molar-refractivity contribution in [2.75, 3.05) is 12.3 Å². The third kappa shape index (κ3) is 1.73. The molecule has 3 N–H and O–H groups in total. The molecule has 1 aliphatic heterocycles. The predicted molar refractivity (Wildman–Crippen MR) is 52.2 cm³/mol. The van der Waals surface area contributed by atoms with Crippen LogP contribution in [0.15, 0.2) is 6.07 Å². The molecule has 0 unspecified atom stereocenters. The van der Waals surface area contributed by atoms with E-state index < -0.39 is 0 Å². The highest BCUT2D eigenvalue weighted by molar-refractivity contribution is 8.93. The molecule has 2 heterocycles. The van der Waals surface area contributed by atoms with Crippen LogP contribution in [0.3, 0.4) is 0 Å². The molecule has 0 fully saturated rings. The van der Waals surface area contributed by atoms with E-state index in [0.717, 1.165) is 25.2 Å². The zero-order valence-corrected chi connectivity index (χ0v) is 8.29. The lowest BCUT2D eigenvalue weighted by Crippen LogP contribution is -2.25. The summed E-state index contributed by atoms with van der Waals surface area (Å²) in [7, 11) is 0. The number of anilines is 1. The zero-order valence-electron chi connectivity index (χ0n) is 6.58. The third-order valence-electron chi connectivity index (χ3n) is 1.83. The standard InChI is InChI=1S/C7H10N4.BrH/c8-7-3-5-4-9-2-1-6(5)10-11-7;/h3,9H,1-2,4H2,(H2,8,11);1H. The fourth-order valence-electron chi connectivity index (χ4n) is 1.27. The molecule has 12 heavy (non-hydrogen) atoms. The summed E-state index contributed by atoms with van der Waals surface area (Å²) in [6, 6.07) is 1.88. The molecule has 1 aromatic rings. The van der Waals surface area contributed by atoms with Gasteiger partial charge in [0, 0.05) is 19.5 Å². The van der Waals surface area contributed by atoms with Crippen molar-refractivity contribution in [2.45, 2.75) is 13.0 Å². The first-order chi connectivity index (χ1) is 5.36. The average Bonchev–Trinajstić information content (AvgIpc) is 2.04. The molecule has 2 rings (SSSR count). The number of nitrogens with one attached hydrogen (secondary N) is 1. The summed E-state index contributed by atoms with van der Waals surface area (Å²) in [5.74, 6) is 0.507. The van der Waals surface area contributed by atoms with Crippen LogP contribution < -0.4 is 11.1 Å². The summed E-state index contributed by atoms with van der Waals surface area (Å²) < 4.78 is 0. The Kier molecular flexibility index (Phi) is 2.99. The predicted octanol–water partition coefficient (Wildman–Crippen LogP) is 0.282. The molecule has 0 spiro atoms. The summed E-state index contributed by atoms with van der Waals surface area (Å²) in [6.45, 7) is 1.86. The van der Waals surface area contributed by atoms with E-state index in [2.05, 4.69) is 15.5 Å². The number of halogens is 1. The molecule has 0 atom stereocenters. The summed E-state index contributed by atoms with van der Waals surface area (Å²) in [5, 5.41) is 11.0. The van der Waals surface area contributed by atoms with Gasteiger partial charge in [-0.1, -0.05) is 0 Å². The monoisotopic (exact) mass is 230 g/mol. The maximum atomic E-state index is 5.48. The second kappa shape index (κ2) is 3.82. The molecule has 0 saturated heterocycles. The van der Waals surface area contributed by atoms with Gasteiger partial charge in [0.25, 0.3) is 0 Å². The summed E-state index contributed by atoms with van der Waals surface area (Å²) in [6.07, 6.45) is 0.961. The molecule has 1 aliphatic rings. The van der Waals surface area contributed by atoms with Crippen molar-refractivity contribution in [2.24, 2.45) is 0 Å². The normalized spacial score (nSPS) is 14.7. The number of nitrogen functional groups attached to an aromatic ring is 1. The molecule has 1 aromatic heterocycles. The molecule has 0 radical (unpaired) electrons. The number of aromatic nitrogens is 2. The van der Waals surface area contributed by atoms with E-state index >= 15 is 0 Å². The van der Waals surface area contributed by atoms with Gasteiger partial charge < -0.3 is 11.1 Å². The molecule has 5 heteroatoms. The Balaban J connectivity index is 0.000000720. The molecule has 0 saturated carbocycles. The minimum Gasteiger partial charge on any atom is -0.382 e. The van der Waals surface area contributed by atoms with Crippen molar-refractivity contribution in [3.05, 3.63) is 17.3 Å². The van der Waals surface area contributed by atoms with Crippen LogP contribution in [0.4, 0.5) is 5.82 Å².